The lowest BCUT2D eigenvalue weighted by Crippen LogP contribution is -2.37. The van der Waals surface area contributed by atoms with E-state index in [1.165, 1.54) is 11.3 Å². The zero-order valence-electron chi connectivity index (χ0n) is 19.5. The van der Waals surface area contributed by atoms with E-state index in [9.17, 15) is 27.2 Å². The van der Waals surface area contributed by atoms with Gasteiger partial charge in [-0.15, -0.1) is 0 Å². The molecule has 11 heteroatoms. The molecule has 0 N–H and O–H groups in total. The fraction of sp³-hybridized carbons (Fsp3) is 0.269. The van der Waals surface area contributed by atoms with Crippen molar-refractivity contribution in [2.45, 2.75) is 31.6 Å². The molecule has 1 saturated heterocycles. The summed E-state index contributed by atoms with van der Waals surface area (Å²) in [5.74, 6) is -0.324. The van der Waals surface area contributed by atoms with Gasteiger partial charge < -0.3 is 9.47 Å². The van der Waals surface area contributed by atoms with E-state index in [-0.39, 0.29) is 16.4 Å². The first-order valence-corrected chi connectivity index (χ1v) is 12.5. The molecule has 2 aromatic carbocycles. The molecular weight excluding hydrogens is 508 g/mol. The minimum atomic E-state index is -4.60. The van der Waals surface area contributed by atoms with Crippen molar-refractivity contribution >= 4 is 33.5 Å². The standard InChI is InChI=1S/C26H22F4N4O2S/c27-20-7-6-19(26(28,29)30)15-18(20)5-8-23(35)32-12-9-17(10-13-32)24-31-11-14-33(24)16-34-21-3-1-2-4-22(21)37-25(34)36/h1-8,11,14-15,17H,9-10,12-13,16H2. The van der Waals surface area contributed by atoms with Crippen molar-refractivity contribution in [2.24, 2.45) is 0 Å². The molecule has 1 amide bonds. The Morgan fingerprint density at radius 2 is 1.89 bits per heavy atom. The number of rotatable bonds is 5. The number of carbonyl (C=O) groups excluding carboxylic acids is 1. The van der Waals surface area contributed by atoms with E-state index in [1.54, 1.807) is 15.7 Å². The number of thiazole rings is 1. The molecule has 0 radical (unpaired) electrons. The molecule has 2 aromatic heterocycles. The normalized spacial score (nSPS) is 15.2. The topological polar surface area (TPSA) is 60.1 Å². The number of piperidine rings is 1. The van der Waals surface area contributed by atoms with E-state index in [1.807, 2.05) is 35.0 Å². The molecule has 0 spiro atoms. The van der Waals surface area contributed by atoms with Crippen LogP contribution in [0, 0.1) is 5.82 Å². The number of hydrogen-bond donors (Lipinski definition) is 0. The Hall–Kier alpha value is -3.73. The van der Waals surface area contributed by atoms with Crippen molar-refractivity contribution < 1.29 is 22.4 Å². The van der Waals surface area contributed by atoms with E-state index >= 15 is 0 Å². The van der Waals surface area contributed by atoms with Crippen molar-refractivity contribution in [1.82, 2.24) is 19.0 Å². The minimum Gasteiger partial charge on any atom is -0.339 e. The number of nitrogens with zero attached hydrogens (tertiary/aromatic N) is 4. The quantitative estimate of drug-likeness (QED) is 0.259. The molecule has 0 unspecified atom stereocenters. The van der Waals surface area contributed by atoms with Crippen LogP contribution in [0.2, 0.25) is 0 Å². The van der Waals surface area contributed by atoms with Gasteiger partial charge in [0.15, 0.2) is 0 Å². The second-order valence-electron chi connectivity index (χ2n) is 8.83. The minimum absolute atomic E-state index is 0.0507. The summed E-state index contributed by atoms with van der Waals surface area (Å²) in [4.78, 5) is 31.2. The fourth-order valence-corrected chi connectivity index (χ4v) is 5.46. The van der Waals surface area contributed by atoms with Gasteiger partial charge >= 0.3 is 11.0 Å². The van der Waals surface area contributed by atoms with Gasteiger partial charge in [0.1, 0.15) is 18.3 Å². The van der Waals surface area contributed by atoms with Gasteiger partial charge in [-0.25, -0.2) is 9.37 Å². The van der Waals surface area contributed by atoms with Crippen LogP contribution >= 0.6 is 11.3 Å². The zero-order chi connectivity index (χ0) is 26.2. The van der Waals surface area contributed by atoms with E-state index < -0.39 is 23.5 Å². The second-order valence-corrected chi connectivity index (χ2v) is 9.82. The molecule has 1 aliphatic rings. The third-order valence-electron chi connectivity index (χ3n) is 6.52. The number of para-hydroxylation sites is 1. The van der Waals surface area contributed by atoms with Crippen molar-refractivity contribution in [2.75, 3.05) is 13.1 Å². The predicted octanol–water partition coefficient (Wildman–Crippen LogP) is 5.34. The number of imidazole rings is 1. The second kappa shape index (κ2) is 9.97. The highest BCUT2D eigenvalue weighted by molar-refractivity contribution is 7.16. The van der Waals surface area contributed by atoms with Gasteiger partial charge in [0.25, 0.3) is 0 Å². The van der Waals surface area contributed by atoms with Crippen LogP contribution in [0.15, 0.2) is 65.7 Å². The Bertz CT molecular complexity index is 1530. The van der Waals surface area contributed by atoms with Gasteiger partial charge in [-0.3, -0.25) is 14.2 Å². The van der Waals surface area contributed by atoms with Crippen LogP contribution in [-0.2, 0) is 17.6 Å². The van der Waals surface area contributed by atoms with E-state index in [0.29, 0.717) is 44.7 Å². The Morgan fingerprint density at radius 1 is 1.14 bits per heavy atom. The molecule has 1 aliphatic heterocycles. The molecule has 1 fully saturated rings. The third kappa shape index (κ3) is 5.22. The maximum Gasteiger partial charge on any atom is 0.416 e. The maximum atomic E-state index is 14.0. The van der Waals surface area contributed by atoms with Gasteiger partial charge in [0.05, 0.1) is 15.8 Å². The summed E-state index contributed by atoms with van der Waals surface area (Å²) in [6.07, 6.45) is 2.37. The molecule has 0 atom stereocenters. The van der Waals surface area contributed by atoms with Crippen molar-refractivity contribution in [3.05, 3.63) is 93.4 Å². The Balaban J connectivity index is 1.24. The SMILES string of the molecule is O=C(C=Cc1cc(C(F)(F)F)ccc1F)N1CCC(c2nccn2Cn2c(=O)sc3ccccc32)CC1. The average Bonchev–Trinajstić information content (AvgIpc) is 3.47. The van der Waals surface area contributed by atoms with Gasteiger partial charge in [-0.1, -0.05) is 23.5 Å². The lowest BCUT2D eigenvalue weighted by atomic mass is 9.96. The number of aromatic nitrogens is 3. The van der Waals surface area contributed by atoms with E-state index in [0.717, 1.165) is 34.3 Å². The van der Waals surface area contributed by atoms with Crippen LogP contribution in [0.5, 0.6) is 0 Å². The van der Waals surface area contributed by atoms with Crippen LogP contribution in [0.1, 0.15) is 35.7 Å². The van der Waals surface area contributed by atoms with E-state index in [2.05, 4.69) is 4.98 Å². The molecule has 5 rings (SSSR count). The van der Waals surface area contributed by atoms with Gasteiger partial charge in [-0.05, 0) is 49.2 Å². The first-order chi connectivity index (χ1) is 17.7. The number of carbonyl (C=O) groups is 1. The number of benzene rings is 2. The molecule has 37 heavy (non-hydrogen) atoms. The molecule has 192 valence electrons. The first-order valence-electron chi connectivity index (χ1n) is 11.6. The number of alkyl halides is 3. The Morgan fingerprint density at radius 3 is 2.65 bits per heavy atom. The van der Waals surface area contributed by atoms with Crippen LogP contribution in [0.25, 0.3) is 16.3 Å². The average molecular weight is 531 g/mol. The number of halogens is 4. The summed E-state index contributed by atoms with van der Waals surface area (Å²) in [6, 6.07) is 9.71. The highest BCUT2D eigenvalue weighted by atomic mass is 32.1. The largest absolute Gasteiger partial charge is 0.416 e. The van der Waals surface area contributed by atoms with Crippen LogP contribution in [0.3, 0.4) is 0 Å². The lowest BCUT2D eigenvalue weighted by molar-refractivity contribution is -0.137. The molecule has 4 aromatic rings. The summed E-state index contributed by atoms with van der Waals surface area (Å²) < 4.78 is 57.3. The first kappa shape index (κ1) is 24.9. The number of likely N-dealkylation sites (tertiary alicyclic amines) is 1. The highest BCUT2D eigenvalue weighted by Crippen LogP contribution is 2.31. The molecule has 3 heterocycles. The van der Waals surface area contributed by atoms with Gasteiger partial charge in [-0.2, -0.15) is 13.2 Å². The van der Waals surface area contributed by atoms with Crippen LogP contribution in [0.4, 0.5) is 17.6 Å². The van der Waals surface area contributed by atoms with Crippen molar-refractivity contribution in [1.29, 1.82) is 0 Å². The maximum absolute atomic E-state index is 14.0. The predicted molar refractivity (Wildman–Crippen MR) is 133 cm³/mol. The summed E-state index contributed by atoms with van der Waals surface area (Å²) in [5.41, 5.74) is -0.409. The summed E-state index contributed by atoms with van der Waals surface area (Å²) in [7, 11) is 0. The number of hydrogen-bond acceptors (Lipinski definition) is 4. The third-order valence-corrected chi connectivity index (χ3v) is 7.48. The van der Waals surface area contributed by atoms with Crippen molar-refractivity contribution in [3.63, 3.8) is 0 Å². The zero-order valence-corrected chi connectivity index (χ0v) is 20.3. The fourth-order valence-electron chi connectivity index (χ4n) is 4.57. The van der Waals surface area contributed by atoms with Crippen LogP contribution in [-0.4, -0.2) is 38.0 Å². The molecule has 6 nitrogen and oxygen atoms in total. The van der Waals surface area contributed by atoms with E-state index in [4.69, 9.17) is 0 Å². The summed E-state index contributed by atoms with van der Waals surface area (Å²) in [6.45, 7) is 1.18. The van der Waals surface area contributed by atoms with Gasteiger partial charge in [0.2, 0.25) is 5.91 Å². The Kier molecular flexibility index (Phi) is 6.72. The van der Waals surface area contributed by atoms with Gasteiger partial charge in [0, 0.05) is 43.0 Å². The Labute approximate surface area is 213 Å². The molecule has 0 saturated carbocycles. The lowest BCUT2D eigenvalue weighted by Gasteiger charge is -2.31. The summed E-state index contributed by atoms with van der Waals surface area (Å²) in [5, 5.41) is 0. The van der Waals surface area contributed by atoms with Crippen molar-refractivity contribution in [3.8, 4) is 0 Å². The molecule has 0 bridgehead atoms. The highest BCUT2D eigenvalue weighted by Gasteiger charge is 2.31. The van der Waals surface area contributed by atoms with Crippen LogP contribution < -0.4 is 4.87 Å². The number of amides is 1. The monoisotopic (exact) mass is 530 g/mol. The molecule has 0 aliphatic carbocycles. The smallest absolute Gasteiger partial charge is 0.339 e. The molecular formula is C26H22F4N4O2S. The number of fused-ring (bicyclic) bond motifs is 1. The summed E-state index contributed by atoms with van der Waals surface area (Å²) >= 11 is 1.20.